The molecular weight excluding hydrogens is 307 g/mol. The van der Waals surface area contributed by atoms with Crippen LogP contribution in [-0.4, -0.2) is 55.4 Å². The number of halogens is 1. The van der Waals surface area contributed by atoms with Crippen molar-refractivity contribution in [2.45, 2.75) is 6.42 Å². The molecule has 0 spiro atoms. The fourth-order valence-electron chi connectivity index (χ4n) is 2.30. The summed E-state index contributed by atoms with van der Waals surface area (Å²) in [5, 5.41) is 11.5. The smallest absolute Gasteiger partial charge is 0.321 e. The van der Waals surface area contributed by atoms with E-state index in [-0.39, 0.29) is 18.8 Å². The molecule has 2 amide bonds. The molecule has 2 rings (SSSR count). The maximum absolute atomic E-state index is 13.4. The van der Waals surface area contributed by atoms with Crippen molar-refractivity contribution in [1.29, 1.82) is 0 Å². The zero-order valence-electron chi connectivity index (χ0n) is 12.8. The Morgan fingerprint density at radius 1 is 1.43 bits per heavy atom. The number of ether oxygens (including phenoxy) is 2. The topological polar surface area (TPSA) is 88.1 Å². The summed E-state index contributed by atoms with van der Waals surface area (Å²) in [4.78, 5) is 24.5. The van der Waals surface area contributed by atoms with Gasteiger partial charge in [-0.15, -0.1) is 0 Å². The summed E-state index contributed by atoms with van der Waals surface area (Å²) in [6.45, 7) is 1.10. The first kappa shape index (κ1) is 17.0. The Morgan fingerprint density at radius 3 is 2.87 bits per heavy atom. The summed E-state index contributed by atoms with van der Waals surface area (Å²) in [5.41, 5.74) is 0.199. The molecule has 1 fully saturated rings. The van der Waals surface area contributed by atoms with Crippen LogP contribution in [0, 0.1) is 11.7 Å². The third kappa shape index (κ3) is 4.56. The largest absolute Gasteiger partial charge is 0.489 e. The molecule has 1 atom stereocenters. The van der Waals surface area contributed by atoms with Gasteiger partial charge < -0.3 is 24.8 Å². The van der Waals surface area contributed by atoms with Gasteiger partial charge >= 0.3 is 12.0 Å². The number of rotatable bonds is 6. The van der Waals surface area contributed by atoms with Crippen molar-refractivity contribution >= 4 is 17.7 Å². The number of amides is 2. The Balaban J connectivity index is 2.02. The summed E-state index contributed by atoms with van der Waals surface area (Å²) in [6, 6.07) is 3.33. The van der Waals surface area contributed by atoms with Crippen LogP contribution in [0.3, 0.4) is 0 Å². The Morgan fingerprint density at radius 2 is 2.22 bits per heavy atom. The number of likely N-dealkylation sites (tertiary alicyclic amines) is 1. The second-order valence-electron chi connectivity index (χ2n) is 5.18. The highest BCUT2D eigenvalue weighted by Gasteiger charge is 2.31. The average molecular weight is 326 g/mol. The molecule has 2 N–H and O–H groups in total. The molecule has 1 saturated heterocycles. The Labute approximate surface area is 133 Å². The second-order valence-corrected chi connectivity index (χ2v) is 5.18. The number of carboxylic acids is 1. The molecule has 126 valence electrons. The normalized spacial score (nSPS) is 17.1. The summed E-state index contributed by atoms with van der Waals surface area (Å²) in [7, 11) is 1.53. The van der Waals surface area contributed by atoms with E-state index in [0.717, 1.165) is 6.07 Å². The summed E-state index contributed by atoms with van der Waals surface area (Å²) in [5.74, 6) is -1.67. The molecule has 1 aliphatic heterocycles. The molecule has 0 bridgehead atoms. The monoisotopic (exact) mass is 326 g/mol. The first-order valence-electron chi connectivity index (χ1n) is 7.21. The van der Waals surface area contributed by atoms with Crippen molar-refractivity contribution in [3.05, 3.63) is 24.0 Å². The first-order valence-corrected chi connectivity index (χ1v) is 7.21. The average Bonchev–Trinajstić information content (AvgIpc) is 3.00. The SMILES string of the molecule is COCCOc1ccc(F)cc1NC(=O)N1CCC(C(=O)O)C1. The lowest BCUT2D eigenvalue weighted by Crippen LogP contribution is -2.34. The number of hydrogen-bond donors (Lipinski definition) is 2. The van der Waals surface area contributed by atoms with Gasteiger partial charge in [0.2, 0.25) is 0 Å². The van der Waals surface area contributed by atoms with E-state index < -0.39 is 23.7 Å². The predicted octanol–water partition coefficient (Wildman–Crippen LogP) is 1.79. The van der Waals surface area contributed by atoms with E-state index in [1.807, 2.05) is 0 Å². The van der Waals surface area contributed by atoms with Crippen LogP contribution in [0.25, 0.3) is 0 Å². The van der Waals surface area contributed by atoms with Gasteiger partial charge in [-0.05, 0) is 18.6 Å². The van der Waals surface area contributed by atoms with Gasteiger partial charge in [0.25, 0.3) is 0 Å². The summed E-state index contributed by atoms with van der Waals surface area (Å²) < 4.78 is 23.7. The minimum atomic E-state index is -0.922. The van der Waals surface area contributed by atoms with Crippen molar-refractivity contribution in [3.8, 4) is 5.75 Å². The van der Waals surface area contributed by atoms with Gasteiger partial charge in [-0.2, -0.15) is 0 Å². The number of aliphatic carboxylic acids is 1. The summed E-state index contributed by atoms with van der Waals surface area (Å²) >= 11 is 0. The van der Waals surface area contributed by atoms with Gasteiger partial charge in [-0.25, -0.2) is 9.18 Å². The van der Waals surface area contributed by atoms with E-state index in [2.05, 4.69) is 5.32 Å². The number of urea groups is 1. The van der Waals surface area contributed by atoms with Crippen molar-refractivity contribution in [1.82, 2.24) is 4.90 Å². The molecule has 0 saturated carbocycles. The Hall–Kier alpha value is -2.35. The maximum Gasteiger partial charge on any atom is 0.321 e. The molecule has 1 aliphatic rings. The lowest BCUT2D eigenvalue weighted by atomic mass is 10.1. The van der Waals surface area contributed by atoms with E-state index in [9.17, 15) is 14.0 Å². The van der Waals surface area contributed by atoms with E-state index in [1.165, 1.54) is 24.1 Å². The number of carbonyl (C=O) groups is 2. The van der Waals surface area contributed by atoms with E-state index in [1.54, 1.807) is 0 Å². The predicted molar refractivity (Wildman–Crippen MR) is 80.1 cm³/mol. The first-order chi connectivity index (χ1) is 11.0. The standard InChI is InChI=1S/C15H19FN2O5/c1-22-6-7-23-13-3-2-11(16)8-12(13)17-15(21)18-5-4-10(9-18)14(19)20/h2-3,8,10H,4-7,9H2,1H3,(H,17,21)(H,19,20). The van der Waals surface area contributed by atoms with Gasteiger partial charge in [0, 0.05) is 26.3 Å². The maximum atomic E-state index is 13.4. The molecule has 23 heavy (non-hydrogen) atoms. The van der Waals surface area contributed by atoms with Crippen LogP contribution in [0.15, 0.2) is 18.2 Å². The van der Waals surface area contributed by atoms with Gasteiger partial charge in [0.15, 0.2) is 0 Å². The van der Waals surface area contributed by atoms with Crippen LogP contribution in [0.1, 0.15) is 6.42 Å². The van der Waals surface area contributed by atoms with Crippen molar-refractivity contribution in [3.63, 3.8) is 0 Å². The van der Waals surface area contributed by atoms with Crippen LogP contribution >= 0.6 is 0 Å². The fraction of sp³-hybridized carbons (Fsp3) is 0.467. The molecule has 8 heteroatoms. The number of benzene rings is 1. The highest BCUT2D eigenvalue weighted by Crippen LogP contribution is 2.26. The number of hydrogen-bond acceptors (Lipinski definition) is 4. The van der Waals surface area contributed by atoms with Crippen LogP contribution in [-0.2, 0) is 9.53 Å². The number of anilines is 1. The van der Waals surface area contributed by atoms with Crippen LogP contribution in [0.2, 0.25) is 0 Å². The molecule has 0 aliphatic carbocycles. The lowest BCUT2D eigenvalue weighted by molar-refractivity contribution is -0.141. The minimum Gasteiger partial charge on any atom is -0.489 e. The molecule has 1 heterocycles. The minimum absolute atomic E-state index is 0.135. The Bertz CT molecular complexity index is 581. The number of carbonyl (C=O) groups excluding carboxylic acids is 1. The molecule has 1 aromatic carbocycles. The van der Waals surface area contributed by atoms with Crippen molar-refractivity contribution < 1.29 is 28.6 Å². The zero-order chi connectivity index (χ0) is 16.8. The Kier molecular flexibility index (Phi) is 5.75. The third-order valence-corrected chi connectivity index (χ3v) is 3.55. The van der Waals surface area contributed by atoms with Crippen molar-refractivity contribution in [2.75, 3.05) is 38.7 Å². The van der Waals surface area contributed by atoms with Crippen molar-refractivity contribution in [2.24, 2.45) is 5.92 Å². The van der Waals surface area contributed by atoms with Crippen LogP contribution < -0.4 is 10.1 Å². The highest BCUT2D eigenvalue weighted by molar-refractivity contribution is 5.91. The number of nitrogens with zero attached hydrogens (tertiary/aromatic N) is 1. The summed E-state index contributed by atoms with van der Waals surface area (Å²) in [6.07, 6.45) is 0.406. The van der Waals surface area contributed by atoms with E-state index in [4.69, 9.17) is 14.6 Å². The fourth-order valence-corrected chi connectivity index (χ4v) is 2.30. The quantitative estimate of drug-likeness (QED) is 0.778. The van der Waals surface area contributed by atoms with Gasteiger partial charge in [-0.1, -0.05) is 0 Å². The number of nitrogens with one attached hydrogen (secondary N) is 1. The van der Waals surface area contributed by atoms with E-state index >= 15 is 0 Å². The lowest BCUT2D eigenvalue weighted by Gasteiger charge is -2.18. The molecule has 0 radical (unpaired) electrons. The molecular formula is C15H19FN2O5. The van der Waals surface area contributed by atoms with Gasteiger partial charge in [0.1, 0.15) is 18.2 Å². The molecule has 0 aromatic heterocycles. The van der Waals surface area contributed by atoms with Gasteiger partial charge in [0.05, 0.1) is 18.2 Å². The van der Waals surface area contributed by atoms with Gasteiger partial charge in [-0.3, -0.25) is 4.79 Å². The van der Waals surface area contributed by atoms with Crippen LogP contribution in [0.5, 0.6) is 5.75 Å². The van der Waals surface area contributed by atoms with E-state index in [0.29, 0.717) is 25.3 Å². The zero-order valence-corrected chi connectivity index (χ0v) is 12.8. The highest BCUT2D eigenvalue weighted by atomic mass is 19.1. The van der Waals surface area contributed by atoms with Crippen LogP contribution in [0.4, 0.5) is 14.9 Å². The number of methoxy groups -OCH3 is 1. The molecule has 1 aromatic rings. The molecule has 7 nitrogen and oxygen atoms in total. The molecule has 1 unspecified atom stereocenters. The third-order valence-electron chi connectivity index (χ3n) is 3.55. The second kappa shape index (κ2) is 7.77. The number of carboxylic acid groups (broad SMARTS) is 1.